The summed E-state index contributed by atoms with van der Waals surface area (Å²) in [6.45, 7) is 6.34. The highest BCUT2D eigenvalue weighted by Gasteiger charge is 2.16. The molecule has 1 atom stereocenters. The van der Waals surface area contributed by atoms with Gasteiger partial charge in [-0.05, 0) is 44.0 Å². The number of benzene rings is 1. The second kappa shape index (κ2) is 10.4. The number of nitrogens with zero attached hydrogens (tertiary/aromatic N) is 1. The van der Waals surface area contributed by atoms with Crippen molar-refractivity contribution in [2.24, 2.45) is 0 Å². The van der Waals surface area contributed by atoms with Gasteiger partial charge >= 0.3 is 0 Å². The third kappa shape index (κ3) is 7.34. The van der Waals surface area contributed by atoms with Crippen molar-refractivity contribution in [3.05, 3.63) is 28.7 Å². The number of amides is 1. The monoisotopic (exact) mass is 446 g/mol. The Morgan fingerprint density at radius 1 is 1.27 bits per heavy atom. The molecule has 1 aliphatic heterocycles. The summed E-state index contributed by atoms with van der Waals surface area (Å²) < 4.78 is 30.7. The number of rotatable bonds is 9. The van der Waals surface area contributed by atoms with Gasteiger partial charge in [-0.3, -0.25) is 9.69 Å². The van der Waals surface area contributed by atoms with E-state index in [0.717, 1.165) is 43.7 Å². The topological polar surface area (TPSA) is 75.7 Å². The summed E-state index contributed by atoms with van der Waals surface area (Å²) in [7, 11) is -3.35. The van der Waals surface area contributed by atoms with E-state index in [9.17, 15) is 13.2 Å². The Balaban J connectivity index is 1.66. The van der Waals surface area contributed by atoms with Gasteiger partial charge in [0.2, 0.25) is 5.91 Å². The van der Waals surface area contributed by atoms with Crippen LogP contribution in [0.3, 0.4) is 0 Å². The standard InChI is InChI=1S/C18H27BrN2O4S/c1-15(8-9-21-10-12-25-13-11-21)20-18(22)3-2-14-26(23,24)17-6-4-16(19)5-7-17/h4-7,15H,2-3,8-14H2,1H3,(H,20,22). The van der Waals surface area contributed by atoms with E-state index in [2.05, 4.69) is 26.1 Å². The van der Waals surface area contributed by atoms with Crippen LogP contribution in [0, 0.1) is 0 Å². The molecule has 146 valence electrons. The molecule has 1 aromatic carbocycles. The quantitative estimate of drug-likeness (QED) is 0.629. The van der Waals surface area contributed by atoms with Crippen molar-refractivity contribution in [3.8, 4) is 0 Å². The number of halogens is 1. The number of carbonyl (C=O) groups excluding carboxylic acids is 1. The van der Waals surface area contributed by atoms with Gasteiger partial charge in [-0.1, -0.05) is 15.9 Å². The molecule has 1 heterocycles. The first-order valence-corrected chi connectivity index (χ1v) is 11.4. The van der Waals surface area contributed by atoms with E-state index in [0.29, 0.717) is 11.3 Å². The molecule has 0 radical (unpaired) electrons. The molecule has 1 fully saturated rings. The summed E-state index contributed by atoms with van der Waals surface area (Å²) in [6, 6.07) is 6.64. The molecular formula is C18H27BrN2O4S. The van der Waals surface area contributed by atoms with Gasteiger partial charge in [0.1, 0.15) is 0 Å². The summed E-state index contributed by atoms with van der Waals surface area (Å²) in [5.74, 6) is -0.116. The largest absolute Gasteiger partial charge is 0.379 e. The van der Waals surface area contributed by atoms with E-state index in [1.807, 2.05) is 6.92 Å². The van der Waals surface area contributed by atoms with Crippen LogP contribution in [0.1, 0.15) is 26.2 Å². The Hall–Kier alpha value is -0.960. The fraction of sp³-hybridized carbons (Fsp3) is 0.611. The third-order valence-corrected chi connectivity index (χ3v) is 6.72. The van der Waals surface area contributed by atoms with E-state index >= 15 is 0 Å². The molecular weight excluding hydrogens is 420 g/mol. The second-order valence-corrected chi connectivity index (χ2v) is 9.61. The van der Waals surface area contributed by atoms with Gasteiger partial charge in [0.15, 0.2) is 9.84 Å². The molecule has 2 rings (SSSR count). The van der Waals surface area contributed by atoms with E-state index in [1.54, 1.807) is 24.3 Å². The Bertz CT molecular complexity index is 673. The number of nitrogens with one attached hydrogen (secondary N) is 1. The minimum atomic E-state index is -3.35. The first kappa shape index (κ1) is 21.3. The van der Waals surface area contributed by atoms with Crippen molar-refractivity contribution >= 4 is 31.7 Å². The Morgan fingerprint density at radius 2 is 1.92 bits per heavy atom. The van der Waals surface area contributed by atoms with Crippen molar-refractivity contribution in [2.45, 2.75) is 37.1 Å². The summed E-state index contributed by atoms with van der Waals surface area (Å²) >= 11 is 3.29. The normalized spacial score (nSPS) is 17.0. The highest BCUT2D eigenvalue weighted by molar-refractivity contribution is 9.10. The van der Waals surface area contributed by atoms with Crippen LogP contribution in [0.15, 0.2) is 33.6 Å². The molecule has 0 aromatic heterocycles. The van der Waals surface area contributed by atoms with E-state index in [1.165, 1.54) is 0 Å². The number of sulfone groups is 1. The number of morpholine rings is 1. The van der Waals surface area contributed by atoms with E-state index < -0.39 is 9.84 Å². The lowest BCUT2D eigenvalue weighted by atomic mass is 10.2. The predicted octanol–water partition coefficient (Wildman–Crippen LogP) is 2.23. The molecule has 26 heavy (non-hydrogen) atoms. The molecule has 1 saturated heterocycles. The third-order valence-electron chi connectivity index (χ3n) is 4.38. The van der Waals surface area contributed by atoms with Gasteiger partial charge < -0.3 is 10.1 Å². The van der Waals surface area contributed by atoms with Gasteiger partial charge in [0, 0.05) is 36.6 Å². The highest BCUT2D eigenvalue weighted by atomic mass is 79.9. The summed E-state index contributed by atoms with van der Waals surface area (Å²) in [5.41, 5.74) is 0. The lowest BCUT2D eigenvalue weighted by molar-refractivity contribution is -0.121. The van der Waals surface area contributed by atoms with Crippen molar-refractivity contribution in [1.29, 1.82) is 0 Å². The fourth-order valence-corrected chi connectivity index (χ4v) is 4.38. The molecule has 0 aliphatic carbocycles. The maximum Gasteiger partial charge on any atom is 0.220 e. The van der Waals surface area contributed by atoms with Crippen molar-refractivity contribution in [2.75, 3.05) is 38.6 Å². The van der Waals surface area contributed by atoms with Crippen LogP contribution in [-0.4, -0.2) is 63.9 Å². The van der Waals surface area contributed by atoms with Gasteiger partial charge in [-0.25, -0.2) is 8.42 Å². The molecule has 0 spiro atoms. The Morgan fingerprint density at radius 3 is 2.58 bits per heavy atom. The number of carbonyl (C=O) groups is 1. The first-order valence-electron chi connectivity index (χ1n) is 8.94. The summed E-state index contributed by atoms with van der Waals surface area (Å²) in [5, 5.41) is 2.96. The lowest BCUT2D eigenvalue weighted by Gasteiger charge is -2.27. The molecule has 1 amide bonds. The van der Waals surface area contributed by atoms with Gasteiger partial charge in [0.25, 0.3) is 0 Å². The maximum absolute atomic E-state index is 12.3. The van der Waals surface area contributed by atoms with Gasteiger partial charge in [0.05, 0.1) is 23.9 Å². The fourth-order valence-electron chi connectivity index (χ4n) is 2.80. The zero-order chi connectivity index (χ0) is 19.0. The van der Waals surface area contributed by atoms with Crippen LogP contribution >= 0.6 is 15.9 Å². The van der Waals surface area contributed by atoms with E-state index in [4.69, 9.17) is 4.74 Å². The predicted molar refractivity (Wildman–Crippen MR) is 105 cm³/mol. The number of ether oxygens (including phenoxy) is 1. The molecule has 1 N–H and O–H groups in total. The summed E-state index contributed by atoms with van der Waals surface area (Å²) in [4.78, 5) is 14.6. The van der Waals surface area contributed by atoms with Gasteiger partial charge in [-0.15, -0.1) is 0 Å². The minimum absolute atomic E-state index is 0.0236. The van der Waals surface area contributed by atoms with Crippen molar-refractivity contribution in [1.82, 2.24) is 10.2 Å². The van der Waals surface area contributed by atoms with Crippen molar-refractivity contribution in [3.63, 3.8) is 0 Å². The SMILES string of the molecule is CC(CCN1CCOCC1)NC(=O)CCCS(=O)(=O)c1ccc(Br)cc1. The molecule has 8 heteroatoms. The minimum Gasteiger partial charge on any atom is -0.379 e. The van der Waals surface area contributed by atoms with Crippen LogP contribution in [0.5, 0.6) is 0 Å². The van der Waals surface area contributed by atoms with Crippen LogP contribution in [0.25, 0.3) is 0 Å². The molecule has 1 aliphatic rings. The maximum atomic E-state index is 12.3. The molecule has 1 unspecified atom stereocenters. The Labute approximate surface area is 164 Å². The number of hydrogen-bond acceptors (Lipinski definition) is 5. The van der Waals surface area contributed by atoms with Gasteiger partial charge in [-0.2, -0.15) is 0 Å². The lowest BCUT2D eigenvalue weighted by Crippen LogP contribution is -2.40. The first-order chi connectivity index (χ1) is 12.4. The zero-order valence-corrected chi connectivity index (χ0v) is 17.5. The van der Waals surface area contributed by atoms with E-state index in [-0.39, 0.29) is 24.1 Å². The molecule has 0 saturated carbocycles. The highest BCUT2D eigenvalue weighted by Crippen LogP contribution is 2.17. The molecule has 6 nitrogen and oxygen atoms in total. The molecule has 0 bridgehead atoms. The van der Waals surface area contributed by atoms with Crippen LogP contribution < -0.4 is 5.32 Å². The summed E-state index contributed by atoms with van der Waals surface area (Å²) in [6.07, 6.45) is 1.42. The van der Waals surface area contributed by atoms with Crippen molar-refractivity contribution < 1.29 is 17.9 Å². The second-order valence-electron chi connectivity index (χ2n) is 6.59. The zero-order valence-electron chi connectivity index (χ0n) is 15.1. The average Bonchev–Trinajstić information content (AvgIpc) is 2.61. The average molecular weight is 447 g/mol. The number of hydrogen-bond donors (Lipinski definition) is 1. The van der Waals surface area contributed by atoms with Crippen LogP contribution in [0.4, 0.5) is 0 Å². The molecule has 1 aromatic rings. The Kier molecular flexibility index (Phi) is 8.53. The smallest absolute Gasteiger partial charge is 0.220 e. The van der Waals surface area contributed by atoms with Crippen LogP contribution in [-0.2, 0) is 19.4 Å². The van der Waals surface area contributed by atoms with Crippen LogP contribution in [0.2, 0.25) is 0 Å².